The highest BCUT2D eigenvalue weighted by atomic mass is 14.6. The molecular formula is C19H25N. The van der Waals surface area contributed by atoms with Crippen molar-refractivity contribution in [3.05, 3.63) is 71.3 Å². The van der Waals surface area contributed by atoms with E-state index in [2.05, 4.69) is 69.3 Å². The van der Waals surface area contributed by atoms with Crippen LogP contribution in [0.15, 0.2) is 54.6 Å². The second-order valence-electron chi connectivity index (χ2n) is 6.06. The molecule has 0 saturated heterocycles. The van der Waals surface area contributed by atoms with Crippen molar-refractivity contribution < 1.29 is 0 Å². The molecule has 2 rings (SSSR count). The van der Waals surface area contributed by atoms with E-state index in [1.165, 1.54) is 16.7 Å². The van der Waals surface area contributed by atoms with Crippen LogP contribution in [0, 0.1) is 5.92 Å². The number of hydrogen-bond acceptors (Lipinski definition) is 1. The Bertz CT molecular complexity index is 513. The molecule has 2 aromatic carbocycles. The first-order valence-corrected chi connectivity index (χ1v) is 7.47. The van der Waals surface area contributed by atoms with Crippen molar-refractivity contribution in [2.24, 2.45) is 11.7 Å². The average Bonchev–Trinajstić information content (AvgIpc) is 2.47. The van der Waals surface area contributed by atoms with Crippen LogP contribution in [0.1, 0.15) is 49.4 Å². The molecule has 0 aliphatic rings. The lowest BCUT2D eigenvalue weighted by molar-refractivity contribution is 0.597. The quantitative estimate of drug-likeness (QED) is 0.835. The van der Waals surface area contributed by atoms with E-state index in [0.29, 0.717) is 11.8 Å². The number of benzene rings is 2. The van der Waals surface area contributed by atoms with E-state index in [0.717, 1.165) is 6.42 Å². The van der Waals surface area contributed by atoms with Gasteiger partial charge in [0, 0.05) is 12.0 Å². The Balaban J connectivity index is 2.11. The SMILES string of the molecule is CC(C)Cc1ccc(C(N)C(C)c2ccccc2)cc1. The molecule has 106 valence electrons. The fourth-order valence-corrected chi connectivity index (χ4v) is 2.60. The molecule has 0 bridgehead atoms. The minimum atomic E-state index is 0.0468. The van der Waals surface area contributed by atoms with E-state index < -0.39 is 0 Å². The van der Waals surface area contributed by atoms with E-state index in [1.807, 2.05) is 6.07 Å². The van der Waals surface area contributed by atoms with Gasteiger partial charge in [0.15, 0.2) is 0 Å². The highest BCUT2D eigenvalue weighted by Crippen LogP contribution is 2.28. The Hall–Kier alpha value is -1.60. The molecule has 2 atom stereocenters. The molecule has 2 aromatic rings. The van der Waals surface area contributed by atoms with Crippen LogP contribution in [0.2, 0.25) is 0 Å². The highest BCUT2D eigenvalue weighted by Gasteiger charge is 2.16. The lowest BCUT2D eigenvalue weighted by Crippen LogP contribution is -2.17. The third-order valence-corrected chi connectivity index (χ3v) is 3.87. The molecule has 1 nitrogen and oxygen atoms in total. The number of nitrogens with two attached hydrogens (primary N) is 1. The third-order valence-electron chi connectivity index (χ3n) is 3.87. The molecule has 0 saturated carbocycles. The predicted molar refractivity (Wildman–Crippen MR) is 86.8 cm³/mol. The molecule has 2 N–H and O–H groups in total. The van der Waals surface area contributed by atoms with E-state index in [4.69, 9.17) is 5.73 Å². The Morgan fingerprint density at radius 1 is 0.800 bits per heavy atom. The van der Waals surface area contributed by atoms with Crippen molar-refractivity contribution in [1.29, 1.82) is 0 Å². The Morgan fingerprint density at radius 2 is 1.40 bits per heavy atom. The second-order valence-corrected chi connectivity index (χ2v) is 6.06. The molecule has 0 aromatic heterocycles. The van der Waals surface area contributed by atoms with Crippen LogP contribution in [0.3, 0.4) is 0 Å². The average molecular weight is 267 g/mol. The monoisotopic (exact) mass is 267 g/mol. The molecule has 0 aliphatic heterocycles. The molecule has 0 amide bonds. The summed E-state index contributed by atoms with van der Waals surface area (Å²) in [7, 11) is 0. The molecule has 20 heavy (non-hydrogen) atoms. The zero-order valence-electron chi connectivity index (χ0n) is 12.7. The third kappa shape index (κ3) is 3.71. The smallest absolute Gasteiger partial charge is 0.0361 e. The summed E-state index contributed by atoms with van der Waals surface area (Å²) in [5.74, 6) is 1.02. The molecule has 1 heteroatoms. The van der Waals surface area contributed by atoms with E-state index in [-0.39, 0.29) is 6.04 Å². The van der Waals surface area contributed by atoms with E-state index in [1.54, 1.807) is 0 Å². The molecular weight excluding hydrogens is 242 g/mol. The first-order chi connectivity index (χ1) is 9.58. The summed E-state index contributed by atoms with van der Waals surface area (Å²) in [6.07, 6.45) is 1.13. The van der Waals surface area contributed by atoms with E-state index in [9.17, 15) is 0 Å². The topological polar surface area (TPSA) is 26.0 Å². The molecule has 2 unspecified atom stereocenters. The summed E-state index contributed by atoms with van der Waals surface area (Å²) in [5.41, 5.74) is 10.3. The number of rotatable bonds is 5. The summed E-state index contributed by atoms with van der Waals surface area (Å²) in [5, 5.41) is 0. The lowest BCUT2D eigenvalue weighted by Gasteiger charge is -2.21. The van der Waals surface area contributed by atoms with Gasteiger partial charge in [-0.15, -0.1) is 0 Å². The zero-order chi connectivity index (χ0) is 14.5. The predicted octanol–water partition coefficient (Wildman–Crippen LogP) is 4.69. The molecule has 0 spiro atoms. The van der Waals surface area contributed by atoms with Gasteiger partial charge in [-0.3, -0.25) is 0 Å². The van der Waals surface area contributed by atoms with E-state index >= 15 is 0 Å². The Morgan fingerprint density at radius 3 is 1.95 bits per heavy atom. The molecule has 0 heterocycles. The van der Waals surface area contributed by atoms with Crippen LogP contribution in [0.4, 0.5) is 0 Å². The summed E-state index contributed by atoms with van der Waals surface area (Å²) in [4.78, 5) is 0. The van der Waals surface area contributed by atoms with Gasteiger partial charge in [-0.05, 0) is 29.0 Å². The van der Waals surface area contributed by atoms with Gasteiger partial charge < -0.3 is 5.73 Å². The van der Waals surface area contributed by atoms with Gasteiger partial charge >= 0.3 is 0 Å². The number of hydrogen-bond donors (Lipinski definition) is 1. The molecule has 0 aliphatic carbocycles. The summed E-state index contributed by atoms with van der Waals surface area (Å²) in [6.45, 7) is 6.69. The maximum absolute atomic E-state index is 6.42. The van der Waals surface area contributed by atoms with Crippen LogP contribution in [-0.2, 0) is 6.42 Å². The summed E-state index contributed by atoms with van der Waals surface area (Å²) < 4.78 is 0. The van der Waals surface area contributed by atoms with Crippen molar-refractivity contribution in [3.8, 4) is 0 Å². The molecule has 0 radical (unpaired) electrons. The maximum atomic E-state index is 6.42. The van der Waals surface area contributed by atoms with Gasteiger partial charge in [0.05, 0.1) is 0 Å². The summed E-state index contributed by atoms with van der Waals surface area (Å²) in [6, 6.07) is 19.3. The maximum Gasteiger partial charge on any atom is 0.0361 e. The minimum Gasteiger partial charge on any atom is -0.323 e. The van der Waals surface area contributed by atoms with Gasteiger partial charge in [0.2, 0.25) is 0 Å². The Kier molecular flexibility index (Phi) is 4.97. The zero-order valence-corrected chi connectivity index (χ0v) is 12.7. The first kappa shape index (κ1) is 14.8. The Labute approximate surface area is 122 Å². The van der Waals surface area contributed by atoms with Crippen LogP contribution in [0.25, 0.3) is 0 Å². The molecule has 0 fully saturated rings. The largest absolute Gasteiger partial charge is 0.323 e. The van der Waals surface area contributed by atoms with Gasteiger partial charge in [0.25, 0.3) is 0 Å². The van der Waals surface area contributed by atoms with Crippen LogP contribution in [0.5, 0.6) is 0 Å². The van der Waals surface area contributed by atoms with Crippen LogP contribution in [-0.4, -0.2) is 0 Å². The van der Waals surface area contributed by atoms with Gasteiger partial charge in [-0.2, -0.15) is 0 Å². The van der Waals surface area contributed by atoms with Gasteiger partial charge in [-0.1, -0.05) is 75.4 Å². The van der Waals surface area contributed by atoms with Gasteiger partial charge in [0.1, 0.15) is 0 Å². The van der Waals surface area contributed by atoms with Crippen LogP contribution < -0.4 is 5.73 Å². The minimum absolute atomic E-state index is 0.0468. The lowest BCUT2D eigenvalue weighted by atomic mass is 9.88. The second kappa shape index (κ2) is 6.71. The first-order valence-electron chi connectivity index (χ1n) is 7.47. The summed E-state index contributed by atoms with van der Waals surface area (Å²) >= 11 is 0. The van der Waals surface area contributed by atoms with Crippen molar-refractivity contribution in [2.45, 2.75) is 39.2 Å². The van der Waals surface area contributed by atoms with Gasteiger partial charge in [-0.25, -0.2) is 0 Å². The highest BCUT2D eigenvalue weighted by molar-refractivity contribution is 5.29. The normalized spacial score (nSPS) is 14.2. The van der Waals surface area contributed by atoms with Crippen molar-refractivity contribution in [3.63, 3.8) is 0 Å². The fraction of sp³-hybridized carbons (Fsp3) is 0.368. The van der Waals surface area contributed by atoms with Crippen molar-refractivity contribution in [2.75, 3.05) is 0 Å². The van der Waals surface area contributed by atoms with Crippen LogP contribution >= 0.6 is 0 Å². The van der Waals surface area contributed by atoms with Crippen molar-refractivity contribution >= 4 is 0 Å². The standard InChI is InChI=1S/C19H25N/c1-14(2)13-16-9-11-18(12-10-16)19(20)15(3)17-7-5-4-6-8-17/h4-12,14-15,19H,13,20H2,1-3H3. The van der Waals surface area contributed by atoms with Crippen molar-refractivity contribution in [1.82, 2.24) is 0 Å². The fourth-order valence-electron chi connectivity index (χ4n) is 2.60.